The number of carbonyl (C=O) groups is 3. The van der Waals surface area contributed by atoms with Gasteiger partial charge in [0.15, 0.2) is 0 Å². The fraction of sp³-hybridized carbons (Fsp3) is 0.455. The molecule has 170 valence electrons. The summed E-state index contributed by atoms with van der Waals surface area (Å²) in [4.78, 5) is 39.1. The predicted molar refractivity (Wildman–Crippen MR) is 119 cm³/mol. The van der Waals surface area contributed by atoms with E-state index in [2.05, 4.69) is 31.7 Å². The van der Waals surface area contributed by atoms with Crippen molar-refractivity contribution >= 4 is 39.5 Å². The first-order valence-electron chi connectivity index (χ1n) is 10.6. The Morgan fingerprint density at radius 3 is 2.75 bits per heavy atom. The van der Waals surface area contributed by atoms with Gasteiger partial charge in [0.1, 0.15) is 11.6 Å². The van der Waals surface area contributed by atoms with Crippen LogP contribution in [0.5, 0.6) is 0 Å². The van der Waals surface area contributed by atoms with Gasteiger partial charge in [0, 0.05) is 42.6 Å². The normalized spacial score (nSPS) is 18.0. The molecular formula is C22H25BrFN5O3. The topological polar surface area (TPSA) is 96.3 Å². The molecule has 1 aromatic carbocycles. The van der Waals surface area contributed by atoms with E-state index < -0.39 is 11.7 Å². The number of amides is 3. The van der Waals surface area contributed by atoms with Crippen LogP contribution >= 0.6 is 15.9 Å². The van der Waals surface area contributed by atoms with E-state index >= 15 is 0 Å². The molecule has 1 aliphatic heterocycles. The molecule has 2 aliphatic rings. The number of rotatable bonds is 7. The summed E-state index contributed by atoms with van der Waals surface area (Å²) < 4.78 is 16.1. The third kappa shape index (κ3) is 5.17. The Balaban J connectivity index is 1.31. The summed E-state index contributed by atoms with van der Waals surface area (Å²) in [5.41, 5.74) is 0.434. The number of carbonyl (C=O) groups excluding carboxylic acids is 3. The van der Waals surface area contributed by atoms with Crippen LogP contribution in [0, 0.1) is 17.7 Å². The molecule has 2 heterocycles. The number of aryl methyl sites for hydroxylation is 1. The molecule has 0 spiro atoms. The van der Waals surface area contributed by atoms with Gasteiger partial charge < -0.3 is 15.5 Å². The van der Waals surface area contributed by atoms with Gasteiger partial charge in [0.25, 0.3) is 5.91 Å². The van der Waals surface area contributed by atoms with Crippen LogP contribution in [0.15, 0.2) is 28.9 Å². The van der Waals surface area contributed by atoms with Gasteiger partial charge >= 0.3 is 0 Å². The lowest BCUT2D eigenvalue weighted by Gasteiger charge is -2.16. The first kappa shape index (κ1) is 22.4. The van der Waals surface area contributed by atoms with Crippen molar-refractivity contribution in [1.82, 2.24) is 20.0 Å². The van der Waals surface area contributed by atoms with E-state index in [1.807, 2.05) is 4.90 Å². The summed E-state index contributed by atoms with van der Waals surface area (Å²) in [6.45, 7) is 1.93. The summed E-state index contributed by atoms with van der Waals surface area (Å²) in [6.07, 6.45) is 4.42. The summed E-state index contributed by atoms with van der Waals surface area (Å²) in [5, 5.41) is 9.70. The second kappa shape index (κ2) is 9.40. The highest BCUT2D eigenvalue weighted by molar-refractivity contribution is 9.10. The number of nitrogens with zero attached hydrogens (tertiary/aromatic N) is 3. The van der Waals surface area contributed by atoms with E-state index in [1.54, 1.807) is 13.1 Å². The molecule has 1 atom stereocenters. The van der Waals surface area contributed by atoms with Gasteiger partial charge in [0.2, 0.25) is 11.8 Å². The number of hydrogen-bond acceptors (Lipinski definition) is 4. The van der Waals surface area contributed by atoms with Crippen LogP contribution < -0.4 is 10.6 Å². The van der Waals surface area contributed by atoms with Gasteiger partial charge in [0.05, 0.1) is 18.2 Å². The third-order valence-corrected chi connectivity index (χ3v) is 6.38. The van der Waals surface area contributed by atoms with Gasteiger partial charge in [-0.2, -0.15) is 5.10 Å². The maximum atomic E-state index is 14.1. The Labute approximate surface area is 193 Å². The molecule has 1 saturated carbocycles. The van der Waals surface area contributed by atoms with Crippen LogP contribution in [0.25, 0.3) is 0 Å². The van der Waals surface area contributed by atoms with Gasteiger partial charge in [-0.25, -0.2) is 4.39 Å². The minimum Gasteiger partial charge on any atom is -0.355 e. The summed E-state index contributed by atoms with van der Waals surface area (Å²) in [6, 6.07) is 4.18. The number of nitrogens with one attached hydrogen (secondary N) is 2. The summed E-state index contributed by atoms with van der Waals surface area (Å²) in [5.74, 6) is -0.416. The molecular weight excluding hydrogens is 481 g/mol. The average molecular weight is 506 g/mol. The minimum atomic E-state index is -0.649. The molecule has 1 aromatic heterocycles. The molecule has 2 fully saturated rings. The fourth-order valence-electron chi connectivity index (χ4n) is 3.90. The van der Waals surface area contributed by atoms with E-state index in [1.165, 1.54) is 23.0 Å². The van der Waals surface area contributed by atoms with Crippen molar-refractivity contribution in [3.05, 3.63) is 45.8 Å². The average Bonchev–Trinajstić information content (AvgIpc) is 3.41. The van der Waals surface area contributed by atoms with Crippen LogP contribution in [0.1, 0.15) is 35.2 Å². The Morgan fingerprint density at radius 1 is 1.25 bits per heavy atom. The van der Waals surface area contributed by atoms with Crippen molar-refractivity contribution in [2.75, 3.05) is 25.0 Å². The van der Waals surface area contributed by atoms with E-state index in [-0.39, 0.29) is 35.6 Å². The van der Waals surface area contributed by atoms with Crippen LogP contribution in [-0.4, -0.2) is 52.0 Å². The van der Waals surface area contributed by atoms with Gasteiger partial charge in [-0.05, 0) is 43.4 Å². The maximum absolute atomic E-state index is 14.1. The molecule has 0 bridgehead atoms. The fourth-order valence-corrected chi connectivity index (χ4v) is 4.24. The summed E-state index contributed by atoms with van der Waals surface area (Å²) in [7, 11) is 1.64. The third-order valence-electron chi connectivity index (χ3n) is 5.89. The molecule has 1 aliphatic carbocycles. The Kier molecular flexibility index (Phi) is 6.59. The predicted octanol–water partition coefficient (Wildman–Crippen LogP) is 2.49. The van der Waals surface area contributed by atoms with Gasteiger partial charge in [-0.1, -0.05) is 15.9 Å². The number of aromatic nitrogens is 2. The number of hydrogen-bond donors (Lipinski definition) is 2. The smallest absolute Gasteiger partial charge is 0.259 e. The highest BCUT2D eigenvalue weighted by atomic mass is 79.9. The van der Waals surface area contributed by atoms with E-state index in [0.717, 1.165) is 25.8 Å². The molecule has 32 heavy (non-hydrogen) atoms. The number of halogens is 2. The molecule has 3 amide bonds. The Bertz CT molecular complexity index is 1050. The van der Waals surface area contributed by atoms with Crippen molar-refractivity contribution < 1.29 is 18.8 Å². The largest absolute Gasteiger partial charge is 0.355 e. The standard InChI is InChI=1S/C22H25BrFN5O3/c1-28-20(27-21(31)17-5-4-16(23)9-18(17)24)15(11-26-28)8-19(30)25-10-13-6-7-29(12-13)22(32)14-2-3-14/h4-5,9,11,13-14H,2-3,6-8,10,12H2,1H3,(H,25,30)(H,27,31)/t13-/m0/s1. The minimum absolute atomic E-state index is 0.0315. The van der Waals surface area contributed by atoms with Crippen LogP contribution in [0.3, 0.4) is 0 Å². The lowest BCUT2D eigenvalue weighted by atomic mass is 10.1. The highest BCUT2D eigenvalue weighted by Gasteiger charge is 2.36. The Hall–Kier alpha value is -2.75. The number of benzene rings is 1. The monoisotopic (exact) mass is 505 g/mol. The quantitative estimate of drug-likeness (QED) is 0.604. The molecule has 8 nitrogen and oxygen atoms in total. The number of anilines is 1. The van der Waals surface area contributed by atoms with Crippen LogP contribution in [0.4, 0.5) is 10.2 Å². The van der Waals surface area contributed by atoms with Gasteiger partial charge in [-0.15, -0.1) is 0 Å². The zero-order valence-corrected chi connectivity index (χ0v) is 19.3. The lowest BCUT2D eigenvalue weighted by molar-refractivity contribution is -0.131. The molecule has 1 saturated heterocycles. The molecule has 0 radical (unpaired) electrons. The van der Waals surface area contributed by atoms with Crippen molar-refractivity contribution in [3.63, 3.8) is 0 Å². The van der Waals surface area contributed by atoms with Crippen molar-refractivity contribution in [2.45, 2.75) is 25.7 Å². The second-order valence-electron chi connectivity index (χ2n) is 8.41. The van der Waals surface area contributed by atoms with Crippen molar-refractivity contribution in [2.24, 2.45) is 18.9 Å². The zero-order chi connectivity index (χ0) is 22.8. The van der Waals surface area contributed by atoms with E-state index in [9.17, 15) is 18.8 Å². The first-order chi connectivity index (χ1) is 15.3. The molecule has 10 heteroatoms. The molecule has 4 rings (SSSR count). The van der Waals surface area contributed by atoms with Crippen LogP contribution in [0.2, 0.25) is 0 Å². The summed E-state index contributed by atoms with van der Waals surface area (Å²) >= 11 is 3.17. The number of likely N-dealkylation sites (tertiary alicyclic amines) is 1. The first-order valence-corrected chi connectivity index (χ1v) is 11.4. The SMILES string of the molecule is Cn1ncc(CC(=O)NC[C@@H]2CCN(C(=O)C3CC3)C2)c1NC(=O)c1ccc(Br)cc1F. The highest BCUT2D eigenvalue weighted by Crippen LogP contribution is 2.32. The van der Waals surface area contributed by atoms with Crippen molar-refractivity contribution in [3.8, 4) is 0 Å². The second-order valence-corrected chi connectivity index (χ2v) is 9.33. The molecule has 2 aromatic rings. The molecule has 0 unspecified atom stereocenters. The van der Waals surface area contributed by atoms with Gasteiger partial charge in [-0.3, -0.25) is 19.1 Å². The van der Waals surface area contributed by atoms with Crippen LogP contribution in [-0.2, 0) is 23.1 Å². The molecule has 2 N–H and O–H groups in total. The Morgan fingerprint density at radius 2 is 2.03 bits per heavy atom. The van der Waals surface area contributed by atoms with E-state index in [0.29, 0.717) is 28.9 Å². The van der Waals surface area contributed by atoms with Crippen molar-refractivity contribution in [1.29, 1.82) is 0 Å². The maximum Gasteiger partial charge on any atom is 0.259 e. The zero-order valence-electron chi connectivity index (χ0n) is 17.7. The lowest BCUT2D eigenvalue weighted by Crippen LogP contribution is -2.34. The van der Waals surface area contributed by atoms with E-state index in [4.69, 9.17) is 0 Å².